The smallest absolute Gasteiger partial charge is 0.0720 e. The molecule has 1 aromatic heterocycles. The maximum Gasteiger partial charge on any atom is 0.0720 e. The Balaban J connectivity index is 2.46. The number of hydrogen-bond acceptors (Lipinski definition) is 3. The van der Waals surface area contributed by atoms with E-state index in [4.69, 9.17) is 5.90 Å². The fourth-order valence-corrected chi connectivity index (χ4v) is 1.69. The molecule has 0 aliphatic carbocycles. The van der Waals surface area contributed by atoms with Crippen molar-refractivity contribution in [1.82, 2.24) is 9.78 Å². The Bertz CT molecular complexity index is 436. The summed E-state index contributed by atoms with van der Waals surface area (Å²) in [6.45, 7) is 0.532. The number of fused-ring (bicyclic) bond motifs is 1. The first kappa shape index (κ1) is 9.18. The van der Waals surface area contributed by atoms with Crippen LogP contribution in [0.2, 0.25) is 0 Å². The molecule has 2 N–H and O–H groups in total. The summed E-state index contributed by atoms with van der Waals surface area (Å²) in [5.41, 5.74) is 2.37. The minimum atomic E-state index is 0.532. The molecule has 0 fully saturated rings. The van der Waals surface area contributed by atoms with Crippen LogP contribution in [-0.4, -0.2) is 16.4 Å². The van der Waals surface area contributed by atoms with E-state index < -0.39 is 0 Å². The van der Waals surface area contributed by atoms with Crippen molar-refractivity contribution in [2.45, 2.75) is 6.42 Å². The largest absolute Gasteiger partial charge is 0.304 e. The molecule has 0 aliphatic heterocycles. The van der Waals surface area contributed by atoms with E-state index in [1.807, 2.05) is 24.0 Å². The lowest BCUT2D eigenvalue weighted by Gasteiger charge is -2.03. The molecular formula is C10H13N3O. The van der Waals surface area contributed by atoms with Crippen LogP contribution >= 0.6 is 0 Å². The van der Waals surface area contributed by atoms with Crippen molar-refractivity contribution in [2.75, 3.05) is 6.61 Å². The highest BCUT2D eigenvalue weighted by Gasteiger charge is 2.04. The minimum absolute atomic E-state index is 0.532. The molecule has 4 nitrogen and oxygen atoms in total. The molecule has 0 unspecified atom stereocenters. The Labute approximate surface area is 82.2 Å². The molecule has 2 rings (SSSR count). The van der Waals surface area contributed by atoms with Crippen LogP contribution in [0.5, 0.6) is 0 Å². The van der Waals surface area contributed by atoms with E-state index in [0.29, 0.717) is 6.61 Å². The molecule has 0 spiro atoms. The normalized spacial score (nSPS) is 11.0. The van der Waals surface area contributed by atoms with Crippen LogP contribution in [0.1, 0.15) is 5.56 Å². The van der Waals surface area contributed by atoms with Gasteiger partial charge in [0.15, 0.2) is 0 Å². The van der Waals surface area contributed by atoms with Crippen molar-refractivity contribution in [1.29, 1.82) is 0 Å². The quantitative estimate of drug-likeness (QED) is 0.736. The van der Waals surface area contributed by atoms with E-state index in [1.54, 1.807) is 0 Å². The van der Waals surface area contributed by atoms with Crippen molar-refractivity contribution >= 4 is 10.9 Å². The SMILES string of the molecule is Cn1ncc2cccc(CCON)c21. The highest BCUT2D eigenvalue weighted by atomic mass is 16.6. The second kappa shape index (κ2) is 3.77. The van der Waals surface area contributed by atoms with Gasteiger partial charge in [0.1, 0.15) is 0 Å². The van der Waals surface area contributed by atoms with Gasteiger partial charge in [-0.1, -0.05) is 18.2 Å². The Morgan fingerprint density at radius 3 is 3.14 bits per heavy atom. The standard InChI is InChI=1S/C10H13N3O/c1-13-10-8(5-6-14-11)3-2-4-9(10)7-12-13/h2-4,7H,5-6,11H2,1H3. The van der Waals surface area contributed by atoms with Crippen LogP contribution in [-0.2, 0) is 18.3 Å². The lowest BCUT2D eigenvalue weighted by atomic mass is 10.1. The van der Waals surface area contributed by atoms with Crippen molar-refractivity contribution in [3.63, 3.8) is 0 Å². The van der Waals surface area contributed by atoms with Crippen molar-refractivity contribution in [2.24, 2.45) is 12.9 Å². The summed E-state index contributed by atoms with van der Waals surface area (Å²) in [5.74, 6) is 5.01. The van der Waals surface area contributed by atoms with Crippen LogP contribution in [0.4, 0.5) is 0 Å². The molecule has 0 atom stereocenters. The second-order valence-corrected chi connectivity index (χ2v) is 3.24. The van der Waals surface area contributed by atoms with Crippen LogP contribution < -0.4 is 5.90 Å². The summed E-state index contributed by atoms with van der Waals surface area (Å²) in [6.07, 6.45) is 2.68. The van der Waals surface area contributed by atoms with Gasteiger partial charge in [-0.2, -0.15) is 5.10 Å². The van der Waals surface area contributed by atoms with Gasteiger partial charge in [0.2, 0.25) is 0 Å². The zero-order valence-electron chi connectivity index (χ0n) is 8.10. The topological polar surface area (TPSA) is 53.1 Å². The van der Waals surface area contributed by atoms with E-state index in [1.165, 1.54) is 5.56 Å². The molecule has 2 aromatic rings. The first-order valence-corrected chi connectivity index (χ1v) is 4.54. The van der Waals surface area contributed by atoms with Crippen molar-refractivity contribution < 1.29 is 4.84 Å². The predicted octanol–water partition coefficient (Wildman–Crippen LogP) is 1.01. The van der Waals surface area contributed by atoms with Gasteiger partial charge in [0.05, 0.1) is 18.3 Å². The van der Waals surface area contributed by atoms with E-state index in [-0.39, 0.29) is 0 Å². The van der Waals surface area contributed by atoms with Crippen LogP contribution in [0, 0.1) is 0 Å². The number of nitrogens with zero attached hydrogens (tertiary/aromatic N) is 2. The summed E-state index contributed by atoms with van der Waals surface area (Å²) >= 11 is 0. The van der Waals surface area contributed by atoms with Gasteiger partial charge in [0.25, 0.3) is 0 Å². The van der Waals surface area contributed by atoms with Gasteiger partial charge in [-0.15, -0.1) is 0 Å². The summed E-state index contributed by atoms with van der Waals surface area (Å²) in [7, 11) is 1.94. The fourth-order valence-electron chi connectivity index (χ4n) is 1.69. The third-order valence-electron chi connectivity index (χ3n) is 2.33. The van der Waals surface area contributed by atoms with E-state index in [0.717, 1.165) is 17.3 Å². The third kappa shape index (κ3) is 1.49. The van der Waals surface area contributed by atoms with Crippen LogP contribution in [0.25, 0.3) is 10.9 Å². The number of aryl methyl sites for hydroxylation is 1. The number of hydrogen-bond donors (Lipinski definition) is 1. The molecule has 0 saturated carbocycles. The maximum absolute atomic E-state index is 5.01. The van der Waals surface area contributed by atoms with E-state index in [9.17, 15) is 0 Å². The summed E-state index contributed by atoms with van der Waals surface area (Å²) < 4.78 is 1.88. The molecule has 1 heterocycles. The first-order valence-electron chi connectivity index (χ1n) is 4.54. The molecular weight excluding hydrogens is 178 g/mol. The highest BCUT2D eigenvalue weighted by Crippen LogP contribution is 2.17. The summed E-state index contributed by atoms with van der Waals surface area (Å²) in [6, 6.07) is 6.15. The van der Waals surface area contributed by atoms with E-state index >= 15 is 0 Å². The highest BCUT2D eigenvalue weighted by molar-refractivity contribution is 5.81. The number of benzene rings is 1. The molecule has 0 aliphatic rings. The third-order valence-corrected chi connectivity index (χ3v) is 2.33. The Morgan fingerprint density at radius 1 is 1.50 bits per heavy atom. The van der Waals surface area contributed by atoms with Gasteiger partial charge < -0.3 is 4.84 Å². The van der Waals surface area contributed by atoms with Crippen molar-refractivity contribution in [3.05, 3.63) is 30.0 Å². The number of aromatic nitrogens is 2. The monoisotopic (exact) mass is 191 g/mol. The lowest BCUT2D eigenvalue weighted by Crippen LogP contribution is -2.05. The average molecular weight is 191 g/mol. The zero-order valence-corrected chi connectivity index (χ0v) is 8.10. The number of nitrogens with two attached hydrogens (primary N) is 1. The van der Waals surface area contributed by atoms with E-state index in [2.05, 4.69) is 22.1 Å². The number of rotatable bonds is 3. The van der Waals surface area contributed by atoms with Gasteiger partial charge in [-0.05, 0) is 12.0 Å². The molecule has 0 amide bonds. The molecule has 0 saturated heterocycles. The molecule has 1 aromatic carbocycles. The maximum atomic E-state index is 5.01. The molecule has 0 radical (unpaired) electrons. The van der Waals surface area contributed by atoms with Crippen LogP contribution in [0.15, 0.2) is 24.4 Å². The molecule has 14 heavy (non-hydrogen) atoms. The van der Waals surface area contributed by atoms with Crippen molar-refractivity contribution in [3.8, 4) is 0 Å². The summed E-state index contributed by atoms with van der Waals surface area (Å²) in [5, 5.41) is 5.36. The van der Waals surface area contributed by atoms with Crippen LogP contribution in [0.3, 0.4) is 0 Å². The van der Waals surface area contributed by atoms with Gasteiger partial charge in [0, 0.05) is 12.4 Å². The van der Waals surface area contributed by atoms with Gasteiger partial charge >= 0.3 is 0 Å². The average Bonchev–Trinajstić information content (AvgIpc) is 2.58. The lowest BCUT2D eigenvalue weighted by molar-refractivity contribution is 0.141. The van der Waals surface area contributed by atoms with Gasteiger partial charge in [-0.25, -0.2) is 5.90 Å². The first-order chi connectivity index (χ1) is 6.83. The molecule has 74 valence electrons. The number of para-hydroxylation sites is 1. The second-order valence-electron chi connectivity index (χ2n) is 3.24. The minimum Gasteiger partial charge on any atom is -0.304 e. The Kier molecular flexibility index (Phi) is 2.47. The Hall–Kier alpha value is -1.39. The molecule has 0 bridgehead atoms. The summed E-state index contributed by atoms with van der Waals surface area (Å²) in [4.78, 5) is 4.58. The fraction of sp³-hybridized carbons (Fsp3) is 0.300. The Morgan fingerprint density at radius 2 is 2.36 bits per heavy atom. The predicted molar refractivity (Wildman–Crippen MR) is 54.6 cm³/mol. The zero-order chi connectivity index (χ0) is 9.97. The molecule has 4 heteroatoms. The van der Waals surface area contributed by atoms with Gasteiger partial charge in [-0.3, -0.25) is 4.68 Å².